The molecule has 0 saturated heterocycles. The fraction of sp³-hybridized carbons (Fsp3) is 0.182. The molecule has 2 unspecified atom stereocenters. The van der Waals surface area contributed by atoms with Gasteiger partial charge in [-0.05, 0) is 61.1 Å². The summed E-state index contributed by atoms with van der Waals surface area (Å²) in [7, 11) is -2.58. The summed E-state index contributed by atoms with van der Waals surface area (Å²) in [5, 5.41) is 18.1. The first-order valence-corrected chi connectivity index (χ1v) is 11.9. The Morgan fingerprint density at radius 2 is 1.91 bits per heavy atom. The fourth-order valence-electron chi connectivity index (χ4n) is 4.13. The monoisotopic (exact) mass is 481 g/mol. The van der Waals surface area contributed by atoms with Crippen LogP contribution in [0.2, 0.25) is 0 Å². The largest absolute Gasteiger partial charge is 0.506 e. The van der Waals surface area contributed by atoms with Gasteiger partial charge in [0.05, 0.1) is 24.0 Å². The van der Waals surface area contributed by atoms with Gasteiger partial charge in [-0.15, -0.1) is 4.41 Å². The molecule has 1 aromatic heterocycles. The van der Waals surface area contributed by atoms with Crippen LogP contribution < -0.4 is 10.1 Å². The zero-order valence-corrected chi connectivity index (χ0v) is 19.3. The molecule has 11 heteroatoms. The van der Waals surface area contributed by atoms with Gasteiger partial charge in [0.1, 0.15) is 17.0 Å². The first kappa shape index (κ1) is 21.3. The molecular formula is C22H19N5O4S2. The number of methoxy groups -OCH3 is 1. The topological polar surface area (TPSA) is 116 Å². The van der Waals surface area contributed by atoms with Gasteiger partial charge in [-0.3, -0.25) is 4.98 Å². The van der Waals surface area contributed by atoms with Crippen molar-refractivity contribution in [1.29, 1.82) is 0 Å². The summed E-state index contributed by atoms with van der Waals surface area (Å²) < 4.78 is 33.7. The molecule has 2 atom stereocenters. The Morgan fingerprint density at radius 1 is 1.15 bits per heavy atom. The number of ether oxygens (including phenoxy) is 1. The SMILES string of the molecule is COc1ccc(C2NC(=S)N=C3C2C(C)=NN3S(=O)(=O)c2ccc(O)c3ncccc23)cc1. The van der Waals surface area contributed by atoms with Gasteiger partial charge in [0.15, 0.2) is 10.9 Å². The maximum absolute atomic E-state index is 13.7. The number of aliphatic imine (C=N–C) groups is 1. The quantitative estimate of drug-likeness (QED) is 0.550. The van der Waals surface area contributed by atoms with E-state index in [1.165, 1.54) is 18.3 Å². The number of aromatic hydroxyl groups is 1. The molecule has 0 fully saturated rings. The Hall–Kier alpha value is -3.57. The minimum absolute atomic E-state index is 0.0336. The Morgan fingerprint density at radius 3 is 2.64 bits per heavy atom. The lowest BCUT2D eigenvalue weighted by atomic mass is 9.88. The van der Waals surface area contributed by atoms with Crippen LogP contribution in [0.5, 0.6) is 11.5 Å². The minimum Gasteiger partial charge on any atom is -0.506 e. The van der Waals surface area contributed by atoms with E-state index in [1.54, 1.807) is 26.2 Å². The average Bonchev–Trinajstić information content (AvgIpc) is 3.15. The number of phenolic OH excluding ortho intramolecular Hbond substituents is 1. The van der Waals surface area contributed by atoms with E-state index in [4.69, 9.17) is 17.0 Å². The van der Waals surface area contributed by atoms with Crippen LogP contribution in [0.3, 0.4) is 0 Å². The molecule has 5 rings (SSSR count). The van der Waals surface area contributed by atoms with Crippen LogP contribution in [0, 0.1) is 5.92 Å². The minimum atomic E-state index is -4.17. The highest BCUT2D eigenvalue weighted by atomic mass is 32.2. The summed E-state index contributed by atoms with van der Waals surface area (Å²) in [5.74, 6) is 0.381. The van der Waals surface area contributed by atoms with Gasteiger partial charge in [-0.2, -0.15) is 13.5 Å². The molecule has 2 aliphatic heterocycles. The molecule has 0 spiro atoms. The highest BCUT2D eigenvalue weighted by Crippen LogP contribution is 2.38. The summed E-state index contributed by atoms with van der Waals surface area (Å²) in [6, 6.07) is 13.0. The van der Waals surface area contributed by atoms with Gasteiger partial charge in [0.25, 0.3) is 10.0 Å². The van der Waals surface area contributed by atoms with Gasteiger partial charge in [0, 0.05) is 17.3 Å². The van der Waals surface area contributed by atoms with E-state index in [0.29, 0.717) is 11.5 Å². The highest BCUT2D eigenvalue weighted by molar-refractivity contribution is 7.90. The van der Waals surface area contributed by atoms with Crippen LogP contribution in [0.4, 0.5) is 0 Å². The number of benzene rings is 2. The van der Waals surface area contributed by atoms with Crippen LogP contribution in [-0.4, -0.2) is 46.7 Å². The van der Waals surface area contributed by atoms with Crippen molar-refractivity contribution in [3.63, 3.8) is 0 Å². The van der Waals surface area contributed by atoms with Crippen molar-refractivity contribution in [2.24, 2.45) is 16.0 Å². The summed E-state index contributed by atoms with van der Waals surface area (Å²) in [6.07, 6.45) is 1.49. The fourth-order valence-corrected chi connectivity index (χ4v) is 5.86. The molecule has 0 amide bonds. The zero-order chi connectivity index (χ0) is 23.3. The smallest absolute Gasteiger partial charge is 0.285 e. The lowest BCUT2D eigenvalue weighted by Gasteiger charge is -2.31. The number of hydrogen-bond acceptors (Lipinski definition) is 7. The van der Waals surface area contributed by atoms with Crippen LogP contribution >= 0.6 is 12.2 Å². The predicted octanol–water partition coefficient (Wildman–Crippen LogP) is 2.97. The second-order valence-corrected chi connectivity index (χ2v) is 9.74. The van der Waals surface area contributed by atoms with Gasteiger partial charge < -0.3 is 15.2 Å². The van der Waals surface area contributed by atoms with E-state index in [9.17, 15) is 13.5 Å². The number of hydrogen-bond donors (Lipinski definition) is 2. The summed E-state index contributed by atoms with van der Waals surface area (Å²) in [6.45, 7) is 1.76. The van der Waals surface area contributed by atoms with E-state index in [0.717, 1.165) is 9.98 Å². The molecule has 3 aromatic rings. The van der Waals surface area contributed by atoms with Crippen LogP contribution in [0.25, 0.3) is 10.9 Å². The number of rotatable bonds is 4. The van der Waals surface area contributed by atoms with E-state index in [-0.39, 0.29) is 38.5 Å². The number of nitrogens with one attached hydrogen (secondary N) is 1. The number of thiocarbonyl (C=S) groups is 1. The van der Waals surface area contributed by atoms with Crippen LogP contribution in [-0.2, 0) is 10.0 Å². The van der Waals surface area contributed by atoms with Gasteiger partial charge in [-0.25, -0.2) is 4.99 Å². The summed E-state index contributed by atoms with van der Waals surface area (Å²) in [4.78, 5) is 8.44. The van der Waals surface area contributed by atoms with Crippen molar-refractivity contribution in [3.8, 4) is 11.5 Å². The van der Waals surface area contributed by atoms with Crippen molar-refractivity contribution in [2.75, 3.05) is 7.11 Å². The molecule has 2 N–H and O–H groups in total. The number of sulfonamides is 1. The molecule has 9 nitrogen and oxygen atoms in total. The van der Waals surface area contributed by atoms with Crippen LogP contribution in [0.1, 0.15) is 18.5 Å². The molecular weight excluding hydrogens is 462 g/mol. The third-order valence-corrected chi connectivity index (χ3v) is 7.54. The normalized spacial score (nSPS) is 20.2. The molecule has 0 saturated carbocycles. The van der Waals surface area contributed by atoms with E-state index in [1.807, 2.05) is 24.3 Å². The second-order valence-electron chi connectivity index (χ2n) is 7.62. The number of phenols is 1. The number of aromatic nitrogens is 1. The van der Waals surface area contributed by atoms with Crippen molar-refractivity contribution in [3.05, 3.63) is 60.3 Å². The Balaban J connectivity index is 1.60. The second kappa shape index (κ2) is 7.78. The molecule has 168 valence electrons. The lowest BCUT2D eigenvalue weighted by Crippen LogP contribution is -2.46. The molecule has 0 aliphatic carbocycles. The van der Waals surface area contributed by atoms with Crippen molar-refractivity contribution < 1.29 is 18.3 Å². The number of fused-ring (bicyclic) bond motifs is 2. The standard InChI is InChI=1S/C22H19N5O4S2/c1-12-18-19(13-5-7-14(31-2)8-6-13)24-22(32)25-21(18)27(26-12)33(29,30)17-10-9-16(28)20-15(17)4-3-11-23-20/h3-11,18-19,28H,1-2H3,(H,24,32). The summed E-state index contributed by atoms with van der Waals surface area (Å²) in [5.41, 5.74) is 1.66. The number of amidine groups is 1. The Kier molecular flexibility index (Phi) is 5.02. The molecule has 2 aromatic carbocycles. The maximum Gasteiger partial charge on any atom is 0.285 e. The predicted molar refractivity (Wildman–Crippen MR) is 128 cm³/mol. The van der Waals surface area contributed by atoms with E-state index in [2.05, 4.69) is 20.4 Å². The average molecular weight is 482 g/mol. The number of hydrazone groups is 1. The first-order chi connectivity index (χ1) is 15.8. The third kappa shape index (κ3) is 3.40. The molecule has 3 heterocycles. The van der Waals surface area contributed by atoms with Crippen molar-refractivity contribution in [2.45, 2.75) is 17.9 Å². The lowest BCUT2D eigenvalue weighted by molar-refractivity contribution is 0.414. The Labute approximate surface area is 195 Å². The first-order valence-electron chi connectivity index (χ1n) is 10.0. The molecule has 33 heavy (non-hydrogen) atoms. The van der Waals surface area contributed by atoms with Crippen molar-refractivity contribution in [1.82, 2.24) is 14.7 Å². The highest BCUT2D eigenvalue weighted by Gasteiger charge is 2.46. The zero-order valence-electron chi connectivity index (χ0n) is 17.6. The van der Waals surface area contributed by atoms with Gasteiger partial charge in [-0.1, -0.05) is 12.1 Å². The molecule has 0 bridgehead atoms. The maximum atomic E-state index is 13.7. The molecule has 0 radical (unpaired) electrons. The third-order valence-electron chi connectivity index (χ3n) is 5.69. The Bertz CT molecular complexity index is 1450. The molecule has 2 aliphatic rings. The van der Waals surface area contributed by atoms with Gasteiger partial charge in [0.2, 0.25) is 0 Å². The number of pyridine rings is 1. The van der Waals surface area contributed by atoms with Crippen molar-refractivity contribution >= 4 is 49.8 Å². The van der Waals surface area contributed by atoms with Crippen LogP contribution in [0.15, 0.2) is 69.7 Å². The van der Waals surface area contributed by atoms with E-state index >= 15 is 0 Å². The van der Waals surface area contributed by atoms with E-state index < -0.39 is 15.9 Å². The summed E-state index contributed by atoms with van der Waals surface area (Å²) >= 11 is 5.34. The van der Waals surface area contributed by atoms with Gasteiger partial charge >= 0.3 is 0 Å². The number of nitrogens with zero attached hydrogens (tertiary/aromatic N) is 4.